The van der Waals surface area contributed by atoms with Crippen LogP contribution < -0.4 is 5.73 Å². The minimum Gasteiger partial charge on any atom is -0.392 e. The summed E-state index contributed by atoms with van der Waals surface area (Å²) >= 11 is 0. The molecule has 2 heteroatoms. The van der Waals surface area contributed by atoms with Gasteiger partial charge in [-0.3, -0.25) is 0 Å². The Morgan fingerprint density at radius 1 is 1.33 bits per heavy atom. The van der Waals surface area contributed by atoms with Crippen LogP contribution >= 0.6 is 0 Å². The van der Waals surface area contributed by atoms with Crippen LogP contribution in [0.25, 0.3) is 0 Å². The first-order chi connectivity index (χ1) is 4.29. The minimum atomic E-state index is -0.0556. The first-order valence-corrected chi connectivity index (χ1v) is 3.72. The average Bonchev–Trinajstić information content (AvgIpc) is 2.25. The molecular formula is C7H13NO. The van der Waals surface area contributed by atoms with Crippen molar-refractivity contribution in [1.82, 2.24) is 0 Å². The van der Waals surface area contributed by atoms with Crippen LogP contribution in [0.4, 0.5) is 0 Å². The third kappa shape index (κ3) is 0.634. The van der Waals surface area contributed by atoms with Gasteiger partial charge in [-0.25, -0.2) is 0 Å². The molecule has 2 saturated carbocycles. The maximum Gasteiger partial charge on any atom is 0.0611 e. The van der Waals surface area contributed by atoms with Crippen LogP contribution in [0, 0.1) is 11.8 Å². The van der Waals surface area contributed by atoms with Crippen molar-refractivity contribution >= 4 is 0 Å². The van der Waals surface area contributed by atoms with Gasteiger partial charge in [0.15, 0.2) is 0 Å². The van der Waals surface area contributed by atoms with Crippen molar-refractivity contribution in [1.29, 1.82) is 0 Å². The van der Waals surface area contributed by atoms with Crippen molar-refractivity contribution in [2.45, 2.75) is 31.4 Å². The Balaban J connectivity index is 2.16. The van der Waals surface area contributed by atoms with Crippen LogP contribution in [0.2, 0.25) is 0 Å². The van der Waals surface area contributed by atoms with Crippen LogP contribution in [0.1, 0.15) is 19.3 Å². The SMILES string of the molecule is NC1C[C@@H]2CC[C@H]1[C@@H]2O. The molecule has 0 aromatic rings. The molecule has 0 aromatic carbocycles. The summed E-state index contributed by atoms with van der Waals surface area (Å²) in [4.78, 5) is 0. The van der Waals surface area contributed by atoms with E-state index in [-0.39, 0.29) is 6.10 Å². The Hall–Kier alpha value is -0.0800. The molecule has 2 aliphatic carbocycles. The van der Waals surface area contributed by atoms with Gasteiger partial charge in [-0.05, 0) is 25.2 Å². The number of aliphatic hydroxyl groups excluding tert-OH is 1. The van der Waals surface area contributed by atoms with Crippen LogP contribution in [0.3, 0.4) is 0 Å². The van der Waals surface area contributed by atoms with Crippen LogP contribution in [0.5, 0.6) is 0 Å². The fourth-order valence-electron chi connectivity index (χ4n) is 2.35. The highest BCUT2D eigenvalue weighted by molar-refractivity contribution is 4.98. The van der Waals surface area contributed by atoms with Crippen molar-refractivity contribution in [3.8, 4) is 0 Å². The molecule has 1 unspecified atom stereocenters. The van der Waals surface area contributed by atoms with Gasteiger partial charge < -0.3 is 10.8 Å². The first-order valence-electron chi connectivity index (χ1n) is 3.72. The minimum absolute atomic E-state index is 0.0556. The van der Waals surface area contributed by atoms with E-state index >= 15 is 0 Å². The van der Waals surface area contributed by atoms with Gasteiger partial charge in [-0.1, -0.05) is 0 Å². The molecule has 0 aliphatic heterocycles. The van der Waals surface area contributed by atoms with Crippen molar-refractivity contribution in [2.75, 3.05) is 0 Å². The third-order valence-corrected chi connectivity index (χ3v) is 2.92. The summed E-state index contributed by atoms with van der Waals surface area (Å²) in [5.74, 6) is 0.986. The van der Waals surface area contributed by atoms with Gasteiger partial charge in [0.2, 0.25) is 0 Å². The molecule has 2 nitrogen and oxygen atoms in total. The molecule has 2 rings (SSSR count). The lowest BCUT2D eigenvalue weighted by Crippen LogP contribution is -2.28. The van der Waals surface area contributed by atoms with E-state index in [9.17, 15) is 5.11 Å². The van der Waals surface area contributed by atoms with E-state index in [1.165, 1.54) is 6.42 Å². The maximum absolute atomic E-state index is 9.42. The number of hydrogen-bond acceptors (Lipinski definition) is 2. The summed E-state index contributed by atoms with van der Waals surface area (Å²) < 4.78 is 0. The summed E-state index contributed by atoms with van der Waals surface area (Å²) in [6.45, 7) is 0. The van der Waals surface area contributed by atoms with Gasteiger partial charge in [0.25, 0.3) is 0 Å². The van der Waals surface area contributed by atoms with Crippen LogP contribution in [-0.4, -0.2) is 17.3 Å². The topological polar surface area (TPSA) is 46.2 Å². The number of nitrogens with two attached hydrogens (primary N) is 1. The summed E-state index contributed by atoms with van der Waals surface area (Å²) in [5.41, 5.74) is 5.75. The Bertz CT molecular complexity index is 126. The van der Waals surface area contributed by atoms with E-state index in [4.69, 9.17) is 5.73 Å². The molecular weight excluding hydrogens is 114 g/mol. The van der Waals surface area contributed by atoms with Crippen molar-refractivity contribution in [3.63, 3.8) is 0 Å². The highest BCUT2D eigenvalue weighted by atomic mass is 16.3. The van der Waals surface area contributed by atoms with E-state index in [2.05, 4.69) is 0 Å². The van der Waals surface area contributed by atoms with Crippen molar-refractivity contribution < 1.29 is 5.11 Å². The Morgan fingerprint density at radius 3 is 2.33 bits per heavy atom. The monoisotopic (exact) mass is 127 g/mol. The Labute approximate surface area is 55.1 Å². The second-order valence-corrected chi connectivity index (χ2v) is 3.39. The van der Waals surface area contributed by atoms with E-state index in [0.717, 1.165) is 12.8 Å². The largest absolute Gasteiger partial charge is 0.392 e. The zero-order chi connectivity index (χ0) is 6.43. The molecule has 0 heterocycles. The van der Waals surface area contributed by atoms with E-state index < -0.39 is 0 Å². The number of hydrogen-bond donors (Lipinski definition) is 2. The predicted molar refractivity (Wildman–Crippen MR) is 34.8 cm³/mol. The molecule has 0 aromatic heterocycles. The molecule has 0 saturated heterocycles. The average molecular weight is 127 g/mol. The molecule has 0 amide bonds. The second-order valence-electron chi connectivity index (χ2n) is 3.39. The number of aliphatic hydroxyl groups is 1. The second kappa shape index (κ2) is 1.70. The van der Waals surface area contributed by atoms with Gasteiger partial charge in [-0.2, -0.15) is 0 Å². The van der Waals surface area contributed by atoms with Gasteiger partial charge in [0.1, 0.15) is 0 Å². The normalized spacial score (nSPS) is 56.7. The van der Waals surface area contributed by atoms with Gasteiger partial charge in [0.05, 0.1) is 6.10 Å². The number of rotatable bonds is 0. The molecule has 0 spiro atoms. The lowest BCUT2D eigenvalue weighted by atomic mass is 9.96. The first kappa shape index (κ1) is 5.69. The molecule has 2 aliphatic rings. The zero-order valence-corrected chi connectivity index (χ0v) is 5.46. The lowest BCUT2D eigenvalue weighted by Gasteiger charge is -2.15. The number of fused-ring (bicyclic) bond motifs is 2. The van der Waals surface area contributed by atoms with E-state index in [1.54, 1.807) is 0 Å². The highest BCUT2D eigenvalue weighted by Crippen LogP contribution is 2.43. The summed E-state index contributed by atoms with van der Waals surface area (Å²) in [6.07, 6.45) is 3.37. The summed E-state index contributed by atoms with van der Waals surface area (Å²) in [6, 6.07) is 0.304. The molecule has 9 heavy (non-hydrogen) atoms. The molecule has 52 valence electrons. The molecule has 0 radical (unpaired) electrons. The smallest absolute Gasteiger partial charge is 0.0611 e. The fourth-order valence-corrected chi connectivity index (χ4v) is 2.35. The highest BCUT2D eigenvalue weighted by Gasteiger charge is 2.45. The van der Waals surface area contributed by atoms with Crippen molar-refractivity contribution in [3.05, 3.63) is 0 Å². The Kier molecular flexibility index (Phi) is 1.08. The van der Waals surface area contributed by atoms with Crippen LogP contribution in [0.15, 0.2) is 0 Å². The zero-order valence-electron chi connectivity index (χ0n) is 5.46. The molecule has 3 N–H and O–H groups in total. The van der Waals surface area contributed by atoms with E-state index in [1.807, 2.05) is 0 Å². The van der Waals surface area contributed by atoms with Crippen molar-refractivity contribution in [2.24, 2.45) is 17.6 Å². The van der Waals surface area contributed by atoms with E-state index in [0.29, 0.717) is 17.9 Å². The Morgan fingerprint density at radius 2 is 2.11 bits per heavy atom. The fraction of sp³-hybridized carbons (Fsp3) is 1.00. The molecule has 4 atom stereocenters. The van der Waals surface area contributed by atoms with Gasteiger partial charge in [-0.15, -0.1) is 0 Å². The van der Waals surface area contributed by atoms with Gasteiger partial charge >= 0.3 is 0 Å². The summed E-state index contributed by atoms with van der Waals surface area (Å²) in [5, 5.41) is 9.42. The maximum atomic E-state index is 9.42. The molecule has 2 bridgehead atoms. The predicted octanol–water partition coefficient (Wildman–Crippen LogP) is 0.104. The quantitative estimate of drug-likeness (QED) is 0.485. The standard InChI is InChI=1S/C7H13NO/c8-6-3-4-1-2-5(6)7(4)9/h4-7,9H,1-3,8H2/t4-,5+,6?,7+/m0/s1. The summed E-state index contributed by atoms with van der Waals surface area (Å²) in [7, 11) is 0. The third-order valence-electron chi connectivity index (χ3n) is 2.92. The van der Waals surface area contributed by atoms with Crippen LogP contribution in [-0.2, 0) is 0 Å². The molecule has 2 fully saturated rings. The van der Waals surface area contributed by atoms with Gasteiger partial charge in [0, 0.05) is 12.0 Å². The lowest BCUT2D eigenvalue weighted by molar-refractivity contribution is 0.126.